The van der Waals surface area contributed by atoms with Crippen LogP contribution in [0.5, 0.6) is 11.5 Å². The molecular weight excluding hydrogens is 382 g/mol. The predicted molar refractivity (Wildman–Crippen MR) is 105 cm³/mol. The number of ether oxygens (including phenoxy) is 2. The van der Waals surface area contributed by atoms with Crippen LogP contribution >= 0.6 is 11.6 Å². The van der Waals surface area contributed by atoms with Gasteiger partial charge in [-0.05, 0) is 35.7 Å². The van der Waals surface area contributed by atoms with Gasteiger partial charge < -0.3 is 19.5 Å². The number of nitrogens with zero attached hydrogens (tertiary/aromatic N) is 1. The zero-order chi connectivity index (χ0) is 20.3. The Hall–Kier alpha value is -2.73. The Morgan fingerprint density at radius 3 is 2.50 bits per heavy atom. The average Bonchev–Trinajstić information content (AvgIpc) is 2.72. The van der Waals surface area contributed by atoms with Crippen molar-refractivity contribution in [2.75, 3.05) is 26.6 Å². The van der Waals surface area contributed by atoms with Gasteiger partial charge in [0.25, 0.3) is 5.91 Å². The summed E-state index contributed by atoms with van der Waals surface area (Å²) in [7, 11) is 3.05. The summed E-state index contributed by atoms with van der Waals surface area (Å²) in [5.74, 6) is -0.696. The monoisotopic (exact) mass is 403 g/mol. The maximum atomic E-state index is 13.2. The van der Waals surface area contributed by atoms with Crippen molar-refractivity contribution in [3.05, 3.63) is 59.2 Å². The SMILES string of the molecule is COc1ccc([C@@H]2[C@H](C(=O)O)c3ccccc3C(=O)N2CCCCl)cc1OC. The molecule has 0 aliphatic carbocycles. The molecule has 2 atom stereocenters. The van der Waals surface area contributed by atoms with Gasteiger partial charge in [-0.1, -0.05) is 24.3 Å². The Labute approximate surface area is 168 Å². The second-order valence-corrected chi connectivity index (χ2v) is 6.88. The van der Waals surface area contributed by atoms with Crippen LogP contribution in [0.15, 0.2) is 42.5 Å². The van der Waals surface area contributed by atoms with Crippen LogP contribution in [0.3, 0.4) is 0 Å². The lowest BCUT2D eigenvalue weighted by Gasteiger charge is -2.41. The third kappa shape index (κ3) is 3.52. The molecule has 0 radical (unpaired) electrons. The highest BCUT2D eigenvalue weighted by Gasteiger charge is 2.44. The molecule has 1 aliphatic rings. The number of rotatable bonds is 7. The summed E-state index contributed by atoms with van der Waals surface area (Å²) < 4.78 is 10.7. The molecule has 1 amide bonds. The molecule has 1 heterocycles. The van der Waals surface area contributed by atoms with E-state index in [1.165, 1.54) is 14.2 Å². The molecular formula is C21H22ClNO5. The molecule has 6 nitrogen and oxygen atoms in total. The summed E-state index contributed by atoms with van der Waals surface area (Å²) in [5, 5.41) is 10.1. The second-order valence-electron chi connectivity index (χ2n) is 6.50. The number of hydrogen-bond acceptors (Lipinski definition) is 4. The third-order valence-corrected chi connectivity index (χ3v) is 5.25. The lowest BCUT2D eigenvalue weighted by atomic mass is 9.79. The van der Waals surface area contributed by atoms with Crippen LogP contribution in [0.25, 0.3) is 0 Å². The first-order valence-electron chi connectivity index (χ1n) is 8.94. The largest absolute Gasteiger partial charge is 0.493 e. The Kier molecular flexibility index (Phi) is 6.09. The number of fused-ring (bicyclic) bond motifs is 1. The van der Waals surface area contributed by atoms with E-state index >= 15 is 0 Å². The van der Waals surface area contributed by atoms with Gasteiger partial charge >= 0.3 is 5.97 Å². The van der Waals surface area contributed by atoms with Gasteiger partial charge in [0.05, 0.1) is 20.3 Å². The molecule has 0 aromatic heterocycles. The van der Waals surface area contributed by atoms with Gasteiger partial charge in [-0.2, -0.15) is 0 Å². The molecule has 148 valence electrons. The molecule has 28 heavy (non-hydrogen) atoms. The van der Waals surface area contributed by atoms with Gasteiger partial charge in [0.15, 0.2) is 11.5 Å². The minimum atomic E-state index is -0.990. The smallest absolute Gasteiger partial charge is 0.313 e. The Morgan fingerprint density at radius 2 is 1.86 bits per heavy atom. The summed E-state index contributed by atoms with van der Waals surface area (Å²) in [6.45, 7) is 0.361. The van der Waals surface area contributed by atoms with Gasteiger partial charge in [-0.15, -0.1) is 11.6 Å². The fourth-order valence-corrected chi connectivity index (χ4v) is 3.86. The standard InChI is InChI=1S/C21H22ClNO5/c1-27-16-9-8-13(12-17(16)28-2)19-18(21(25)26)14-6-3-4-7-15(14)20(24)23(19)11-5-10-22/h3-4,6-9,12,18-19H,5,10-11H2,1-2H3,(H,25,26)/t18-,19-/m1/s1. The molecule has 0 spiro atoms. The summed E-state index contributed by atoms with van der Waals surface area (Å²) in [4.78, 5) is 27.1. The fourth-order valence-electron chi connectivity index (χ4n) is 3.74. The Bertz CT molecular complexity index is 885. The molecule has 1 aliphatic heterocycles. The number of carboxylic acids is 1. The van der Waals surface area contributed by atoms with E-state index in [0.29, 0.717) is 47.0 Å². The van der Waals surface area contributed by atoms with Crippen LogP contribution in [0.1, 0.15) is 39.9 Å². The highest BCUT2D eigenvalue weighted by atomic mass is 35.5. The van der Waals surface area contributed by atoms with Crippen molar-refractivity contribution in [2.45, 2.75) is 18.4 Å². The summed E-state index contributed by atoms with van der Waals surface area (Å²) in [6.07, 6.45) is 0.561. The maximum Gasteiger partial charge on any atom is 0.313 e. The van der Waals surface area contributed by atoms with Crippen LogP contribution in [-0.2, 0) is 4.79 Å². The van der Waals surface area contributed by atoms with Gasteiger partial charge in [0, 0.05) is 18.0 Å². The van der Waals surface area contributed by atoms with Crippen molar-refractivity contribution >= 4 is 23.5 Å². The number of carboxylic acid groups (broad SMARTS) is 1. The molecule has 2 aromatic rings. The number of benzene rings is 2. The van der Waals surface area contributed by atoms with Gasteiger partial charge in [0.1, 0.15) is 5.92 Å². The van der Waals surface area contributed by atoms with Crippen molar-refractivity contribution < 1.29 is 24.2 Å². The van der Waals surface area contributed by atoms with E-state index in [2.05, 4.69) is 0 Å². The Morgan fingerprint density at radius 1 is 1.14 bits per heavy atom. The van der Waals surface area contributed by atoms with Crippen LogP contribution < -0.4 is 9.47 Å². The number of methoxy groups -OCH3 is 2. The highest BCUT2D eigenvalue weighted by Crippen LogP contribution is 2.44. The van der Waals surface area contributed by atoms with Crippen LogP contribution in [-0.4, -0.2) is 48.5 Å². The number of carbonyl (C=O) groups excluding carboxylic acids is 1. The van der Waals surface area contributed by atoms with Gasteiger partial charge in [-0.25, -0.2) is 0 Å². The highest BCUT2D eigenvalue weighted by molar-refractivity contribution is 6.17. The molecule has 7 heteroatoms. The van der Waals surface area contributed by atoms with E-state index in [0.717, 1.165) is 0 Å². The number of amides is 1. The van der Waals surface area contributed by atoms with Crippen molar-refractivity contribution in [2.24, 2.45) is 0 Å². The summed E-state index contributed by atoms with van der Waals surface area (Å²) >= 11 is 5.86. The van der Waals surface area contributed by atoms with Crippen molar-refractivity contribution in [1.29, 1.82) is 0 Å². The number of hydrogen-bond donors (Lipinski definition) is 1. The number of halogens is 1. The minimum Gasteiger partial charge on any atom is -0.493 e. The molecule has 0 saturated carbocycles. The van der Waals surface area contributed by atoms with Gasteiger partial charge in [-0.3, -0.25) is 9.59 Å². The lowest BCUT2D eigenvalue weighted by Crippen LogP contribution is -2.45. The maximum absolute atomic E-state index is 13.2. The molecule has 0 bridgehead atoms. The zero-order valence-electron chi connectivity index (χ0n) is 15.7. The van der Waals surface area contributed by atoms with Gasteiger partial charge in [0.2, 0.25) is 0 Å². The first-order chi connectivity index (χ1) is 13.5. The normalized spacial score (nSPS) is 18.5. The van der Waals surface area contributed by atoms with Crippen molar-refractivity contribution in [1.82, 2.24) is 4.90 Å². The van der Waals surface area contributed by atoms with E-state index in [9.17, 15) is 14.7 Å². The van der Waals surface area contributed by atoms with Crippen molar-refractivity contribution in [3.63, 3.8) is 0 Å². The topological polar surface area (TPSA) is 76.1 Å². The lowest BCUT2D eigenvalue weighted by molar-refractivity contribution is -0.140. The third-order valence-electron chi connectivity index (χ3n) is 4.99. The zero-order valence-corrected chi connectivity index (χ0v) is 16.5. The van der Waals surface area contributed by atoms with Crippen LogP contribution in [0, 0.1) is 0 Å². The quantitative estimate of drug-likeness (QED) is 0.713. The summed E-state index contributed by atoms with van der Waals surface area (Å²) in [6, 6.07) is 11.4. The second kappa shape index (κ2) is 8.52. The Balaban J connectivity index is 2.18. The molecule has 1 N–H and O–H groups in total. The molecule has 0 fully saturated rings. The number of aliphatic carboxylic acids is 1. The summed E-state index contributed by atoms with van der Waals surface area (Å²) in [5.41, 5.74) is 1.60. The van der Waals surface area contributed by atoms with E-state index in [1.807, 2.05) is 0 Å². The van der Waals surface area contributed by atoms with E-state index in [4.69, 9.17) is 21.1 Å². The molecule has 0 unspecified atom stereocenters. The minimum absolute atomic E-state index is 0.196. The van der Waals surface area contributed by atoms with E-state index in [-0.39, 0.29) is 5.91 Å². The fraction of sp³-hybridized carbons (Fsp3) is 0.333. The molecule has 3 rings (SSSR count). The predicted octanol–water partition coefficient (Wildman–Crippen LogP) is 3.70. The van der Waals surface area contributed by atoms with Crippen LogP contribution in [0.4, 0.5) is 0 Å². The van der Waals surface area contributed by atoms with Crippen molar-refractivity contribution in [3.8, 4) is 11.5 Å². The first-order valence-corrected chi connectivity index (χ1v) is 9.47. The number of carbonyl (C=O) groups is 2. The van der Waals surface area contributed by atoms with E-state index < -0.39 is 17.9 Å². The molecule has 0 saturated heterocycles. The van der Waals surface area contributed by atoms with Crippen LogP contribution in [0.2, 0.25) is 0 Å². The first kappa shape index (κ1) is 20.0. The molecule has 2 aromatic carbocycles. The number of alkyl halides is 1. The average molecular weight is 404 g/mol. The van der Waals surface area contributed by atoms with E-state index in [1.54, 1.807) is 47.4 Å².